The topological polar surface area (TPSA) is 136 Å². The lowest BCUT2D eigenvalue weighted by Gasteiger charge is -2.41. The van der Waals surface area contributed by atoms with Crippen molar-refractivity contribution in [3.8, 4) is 22.9 Å². The Kier molecular flexibility index (Phi) is 7.89. The summed E-state index contributed by atoms with van der Waals surface area (Å²) in [6.07, 6.45) is 2.43. The summed E-state index contributed by atoms with van der Waals surface area (Å²) in [6, 6.07) is 15.2. The molecule has 2 atom stereocenters. The van der Waals surface area contributed by atoms with Gasteiger partial charge in [-0.25, -0.2) is 23.4 Å². The van der Waals surface area contributed by atoms with Crippen molar-refractivity contribution in [1.29, 1.82) is 0 Å². The van der Waals surface area contributed by atoms with E-state index in [1.807, 2.05) is 64.9 Å². The molecule has 2 aromatic carbocycles. The van der Waals surface area contributed by atoms with Crippen molar-refractivity contribution < 1.29 is 22.7 Å². The molecule has 2 fully saturated rings. The highest BCUT2D eigenvalue weighted by Gasteiger charge is 2.36. The first-order valence-electron chi connectivity index (χ1n) is 15.4. The van der Waals surface area contributed by atoms with E-state index in [4.69, 9.17) is 19.4 Å². The first-order chi connectivity index (χ1) is 22.2. The molecule has 0 bridgehead atoms. The summed E-state index contributed by atoms with van der Waals surface area (Å²) in [5.74, 6) is 3.06. The number of hydrogen-bond donors (Lipinski definition) is 1. The average molecular weight is 644 g/mol. The molecule has 5 heterocycles. The second-order valence-corrected chi connectivity index (χ2v) is 14.4. The molecule has 7 rings (SSSR count). The van der Waals surface area contributed by atoms with Gasteiger partial charge >= 0.3 is 0 Å². The number of nitrogens with one attached hydrogen (secondary N) is 1. The van der Waals surface area contributed by atoms with Crippen LogP contribution in [0.25, 0.3) is 33.2 Å². The number of para-hydroxylation sites is 1. The van der Waals surface area contributed by atoms with Crippen LogP contribution < -0.4 is 9.47 Å². The van der Waals surface area contributed by atoms with Crippen molar-refractivity contribution in [1.82, 2.24) is 34.3 Å². The number of nitrogens with zero attached hydrogens (tertiary/aromatic N) is 6. The zero-order valence-corrected chi connectivity index (χ0v) is 27.0. The van der Waals surface area contributed by atoms with Gasteiger partial charge in [-0.2, -0.15) is 0 Å². The number of carbonyl (C=O) groups is 1. The number of benzene rings is 2. The molecule has 12 nitrogen and oxygen atoms in total. The second kappa shape index (κ2) is 12.0. The largest absolute Gasteiger partial charge is 0.497 e. The van der Waals surface area contributed by atoms with Gasteiger partial charge < -0.3 is 23.9 Å². The van der Waals surface area contributed by atoms with Crippen LogP contribution in [0, 0.1) is 12.8 Å². The van der Waals surface area contributed by atoms with Crippen molar-refractivity contribution >= 4 is 37.7 Å². The third kappa shape index (κ3) is 5.80. The molecule has 5 aromatic rings. The number of H-pyrrole nitrogens is 1. The summed E-state index contributed by atoms with van der Waals surface area (Å²) in [5, 5.41) is 0.973. The number of pyridine rings is 1. The summed E-state index contributed by atoms with van der Waals surface area (Å²) < 4.78 is 37.4. The standard InChI is InChI=1S/C33H37N7O5S/c1-21-35-27-9-8-24(44-2)15-29(27)40(21)19-31(41)39-12-11-38(17-22-10-13-46(42,43)20-22)18-30(39)32-34-16-28(36-32)25-14-23-6-4-5-7-26(23)37-33(25)45-3/h4-9,14-16,22,30H,10-13,17-20H2,1-3H3,(H,34,36)/t22?,30-/m0/s1. The van der Waals surface area contributed by atoms with Crippen LogP contribution in [0.2, 0.25) is 0 Å². The van der Waals surface area contributed by atoms with Crippen LogP contribution in [0.5, 0.6) is 11.6 Å². The van der Waals surface area contributed by atoms with Gasteiger partial charge in [0.05, 0.1) is 59.7 Å². The molecule has 2 aliphatic heterocycles. The number of methoxy groups -OCH3 is 2. The van der Waals surface area contributed by atoms with Gasteiger partial charge in [-0.15, -0.1) is 0 Å². The van der Waals surface area contributed by atoms with Crippen LogP contribution in [0.1, 0.15) is 24.1 Å². The predicted octanol–water partition coefficient (Wildman–Crippen LogP) is 3.62. The average Bonchev–Trinajstić information content (AvgIpc) is 3.76. The number of imidazole rings is 2. The monoisotopic (exact) mass is 643 g/mol. The third-order valence-corrected chi connectivity index (χ3v) is 11.0. The molecule has 1 unspecified atom stereocenters. The highest BCUT2D eigenvalue weighted by molar-refractivity contribution is 7.91. The smallest absolute Gasteiger partial charge is 0.243 e. The van der Waals surface area contributed by atoms with Crippen LogP contribution >= 0.6 is 0 Å². The molecule has 0 aliphatic carbocycles. The first-order valence-corrected chi connectivity index (χ1v) is 17.3. The zero-order valence-electron chi connectivity index (χ0n) is 26.1. The van der Waals surface area contributed by atoms with E-state index < -0.39 is 9.84 Å². The lowest BCUT2D eigenvalue weighted by molar-refractivity contribution is -0.137. The van der Waals surface area contributed by atoms with Gasteiger partial charge in [0.15, 0.2) is 9.84 Å². The summed E-state index contributed by atoms with van der Waals surface area (Å²) in [5.41, 5.74) is 3.97. The molecule has 46 heavy (non-hydrogen) atoms. The highest BCUT2D eigenvalue weighted by Crippen LogP contribution is 2.33. The maximum Gasteiger partial charge on any atom is 0.243 e. The number of rotatable bonds is 8. The van der Waals surface area contributed by atoms with E-state index in [2.05, 4.69) is 14.9 Å². The zero-order chi connectivity index (χ0) is 32.0. The maximum absolute atomic E-state index is 14.1. The number of aryl methyl sites for hydroxylation is 1. The Hall–Kier alpha value is -4.49. The van der Waals surface area contributed by atoms with Gasteiger partial charge in [0.25, 0.3) is 0 Å². The summed E-state index contributed by atoms with van der Waals surface area (Å²) in [4.78, 5) is 35.9. The van der Waals surface area contributed by atoms with Crippen LogP contribution in [0.4, 0.5) is 0 Å². The van der Waals surface area contributed by atoms with Gasteiger partial charge in [0, 0.05) is 37.6 Å². The number of aromatic amines is 1. The SMILES string of the molecule is COc1ccc2nc(C)n(CC(=O)N3CCN(CC4CCS(=O)(=O)C4)C[C@H]3c3ncc(-c4cc5ccccc5nc4OC)[nH]3)c2c1. The van der Waals surface area contributed by atoms with E-state index in [1.165, 1.54) is 0 Å². The fourth-order valence-corrected chi connectivity index (χ4v) is 8.63. The number of fused-ring (bicyclic) bond motifs is 2. The third-order valence-electron chi connectivity index (χ3n) is 9.15. The van der Waals surface area contributed by atoms with Crippen molar-refractivity contribution in [2.75, 3.05) is 51.9 Å². The highest BCUT2D eigenvalue weighted by atomic mass is 32.2. The fraction of sp³-hybridized carbons (Fsp3) is 0.394. The minimum atomic E-state index is -2.99. The van der Waals surface area contributed by atoms with Gasteiger partial charge in [-0.3, -0.25) is 9.69 Å². The van der Waals surface area contributed by atoms with Crippen LogP contribution in [0.3, 0.4) is 0 Å². The molecule has 1 N–H and O–H groups in total. The second-order valence-electron chi connectivity index (χ2n) is 12.2. The number of carbonyl (C=O) groups excluding carboxylic acids is 1. The van der Waals surface area contributed by atoms with E-state index in [1.54, 1.807) is 20.4 Å². The van der Waals surface area contributed by atoms with E-state index in [9.17, 15) is 13.2 Å². The summed E-state index contributed by atoms with van der Waals surface area (Å²) >= 11 is 0. The molecule has 0 radical (unpaired) electrons. The first kappa shape index (κ1) is 30.2. The summed E-state index contributed by atoms with van der Waals surface area (Å²) in [6.45, 7) is 4.33. The van der Waals surface area contributed by atoms with E-state index in [0.717, 1.165) is 39.0 Å². The van der Waals surface area contributed by atoms with E-state index in [-0.39, 0.29) is 35.9 Å². The molecule has 240 valence electrons. The Morgan fingerprint density at radius 3 is 2.67 bits per heavy atom. The number of hydrogen-bond acceptors (Lipinski definition) is 9. The Morgan fingerprint density at radius 1 is 1.04 bits per heavy atom. The molecule has 2 saturated heterocycles. The van der Waals surface area contributed by atoms with Gasteiger partial charge in [-0.1, -0.05) is 18.2 Å². The lowest BCUT2D eigenvalue weighted by atomic mass is 10.1. The van der Waals surface area contributed by atoms with Crippen molar-refractivity contribution in [2.24, 2.45) is 5.92 Å². The molecular weight excluding hydrogens is 606 g/mol. The number of ether oxygens (including phenoxy) is 2. The molecule has 0 saturated carbocycles. The molecule has 1 amide bonds. The summed E-state index contributed by atoms with van der Waals surface area (Å²) in [7, 11) is 0.225. The molecule has 2 aliphatic rings. The molecule has 3 aromatic heterocycles. The van der Waals surface area contributed by atoms with Gasteiger partial charge in [-0.05, 0) is 43.5 Å². The van der Waals surface area contributed by atoms with Crippen molar-refractivity contribution in [2.45, 2.75) is 25.9 Å². The van der Waals surface area contributed by atoms with Gasteiger partial charge in [0.2, 0.25) is 11.8 Å². The van der Waals surface area contributed by atoms with Crippen LogP contribution in [-0.2, 0) is 21.2 Å². The number of amides is 1. The van der Waals surface area contributed by atoms with Crippen molar-refractivity contribution in [3.05, 3.63) is 66.4 Å². The predicted molar refractivity (Wildman–Crippen MR) is 175 cm³/mol. The molecule has 13 heteroatoms. The van der Waals surface area contributed by atoms with Crippen LogP contribution in [0.15, 0.2) is 54.7 Å². The fourth-order valence-electron chi connectivity index (χ4n) is 6.78. The van der Waals surface area contributed by atoms with Gasteiger partial charge in [0.1, 0.15) is 30.0 Å². The van der Waals surface area contributed by atoms with E-state index in [0.29, 0.717) is 50.1 Å². The molecular formula is C33H37N7O5S. The number of sulfone groups is 1. The van der Waals surface area contributed by atoms with E-state index >= 15 is 0 Å². The lowest BCUT2D eigenvalue weighted by Crippen LogP contribution is -2.52. The van der Waals surface area contributed by atoms with Crippen molar-refractivity contribution in [3.63, 3.8) is 0 Å². The number of piperazine rings is 1. The Bertz CT molecular complexity index is 2040. The minimum Gasteiger partial charge on any atom is -0.497 e. The number of aromatic nitrogens is 5. The molecule has 0 spiro atoms. The Labute approximate surface area is 267 Å². The van der Waals surface area contributed by atoms with Crippen LogP contribution in [-0.4, -0.2) is 101 Å². The normalized spacial score (nSPS) is 20.0. The maximum atomic E-state index is 14.1. The Balaban J connectivity index is 1.20. The minimum absolute atomic E-state index is 0.0544. The quantitative estimate of drug-likeness (QED) is 0.269. The Morgan fingerprint density at radius 2 is 1.89 bits per heavy atom.